The van der Waals surface area contributed by atoms with Gasteiger partial charge in [0.15, 0.2) is 5.17 Å². The number of amides is 2. The highest BCUT2D eigenvalue weighted by Gasteiger charge is 2.41. The molecule has 1 atom stereocenters. The van der Waals surface area contributed by atoms with Crippen molar-refractivity contribution >= 4 is 34.4 Å². The Bertz CT molecular complexity index is 1130. The van der Waals surface area contributed by atoms with E-state index in [2.05, 4.69) is 34.6 Å². The van der Waals surface area contributed by atoms with Crippen LogP contribution in [0.2, 0.25) is 0 Å². The topological polar surface area (TPSA) is 71.0 Å². The summed E-state index contributed by atoms with van der Waals surface area (Å²) in [6.45, 7) is 4.98. The van der Waals surface area contributed by atoms with Gasteiger partial charge in [0, 0.05) is 13.0 Å². The molecule has 3 aromatic rings. The predicted octanol–water partition coefficient (Wildman–Crippen LogP) is 5.21. The summed E-state index contributed by atoms with van der Waals surface area (Å²) < 4.78 is 5.47. The van der Waals surface area contributed by atoms with Gasteiger partial charge in [-0.25, -0.2) is 4.90 Å². The molecule has 35 heavy (non-hydrogen) atoms. The molecular formula is C28H29N3O3S. The summed E-state index contributed by atoms with van der Waals surface area (Å²) in [4.78, 5) is 32.0. The normalized spacial score (nSPS) is 16.1. The number of imide groups is 1. The van der Waals surface area contributed by atoms with Crippen molar-refractivity contribution in [1.82, 2.24) is 5.32 Å². The van der Waals surface area contributed by atoms with Gasteiger partial charge in [0.05, 0.1) is 18.3 Å². The standard InChI is InChI=1S/C28H29N3O3S/c1-3-29-28(30-26(20-11-7-5-8-12-20)21-13-9-6-10-14-21)35-24-19-25(32)31(27(24)33)22-15-17-23(18-16-22)34-4-2/h5-18,24,26H,3-4,19H2,1-2H3,(H,29,30)/t24-/m1/s1. The SMILES string of the molecule is CCN=C(NC(c1ccccc1)c1ccccc1)S[C@@H]1CC(=O)N(c2ccc(OCC)cc2)C1=O. The zero-order valence-corrected chi connectivity index (χ0v) is 20.7. The fraction of sp³-hybridized carbons (Fsp3) is 0.250. The molecule has 1 aliphatic heterocycles. The van der Waals surface area contributed by atoms with E-state index in [-0.39, 0.29) is 24.3 Å². The van der Waals surface area contributed by atoms with Crippen LogP contribution in [0.3, 0.4) is 0 Å². The number of amidine groups is 1. The number of hydrogen-bond acceptors (Lipinski definition) is 5. The van der Waals surface area contributed by atoms with Crippen LogP contribution in [0, 0.1) is 0 Å². The third-order valence-electron chi connectivity index (χ3n) is 5.60. The molecule has 4 rings (SSSR count). The number of anilines is 1. The first-order chi connectivity index (χ1) is 17.1. The summed E-state index contributed by atoms with van der Waals surface area (Å²) in [6, 6.07) is 27.2. The summed E-state index contributed by atoms with van der Waals surface area (Å²) in [6.07, 6.45) is 0.127. The number of aliphatic imine (C=N–C) groups is 1. The quantitative estimate of drug-likeness (QED) is 0.268. The Morgan fingerprint density at radius 2 is 1.57 bits per heavy atom. The molecule has 1 N–H and O–H groups in total. The lowest BCUT2D eigenvalue weighted by Crippen LogP contribution is -2.33. The number of carbonyl (C=O) groups excluding carboxylic acids is 2. The van der Waals surface area contributed by atoms with E-state index >= 15 is 0 Å². The average Bonchev–Trinajstić information content (AvgIpc) is 3.16. The van der Waals surface area contributed by atoms with Crippen molar-refractivity contribution in [3.05, 3.63) is 96.1 Å². The number of ether oxygens (including phenoxy) is 1. The van der Waals surface area contributed by atoms with Gasteiger partial charge < -0.3 is 10.1 Å². The molecule has 7 heteroatoms. The predicted molar refractivity (Wildman–Crippen MR) is 142 cm³/mol. The van der Waals surface area contributed by atoms with Gasteiger partial charge in [-0.3, -0.25) is 14.6 Å². The second kappa shape index (κ2) is 11.7. The fourth-order valence-corrected chi connectivity index (χ4v) is 5.09. The van der Waals surface area contributed by atoms with Crippen molar-refractivity contribution in [2.75, 3.05) is 18.1 Å². The van der Waals surface area contributed by atoms with E-state index in [0.717, 1.165) is 11.1 Å². The molecule has 1 aliphatic rings. The maximum absolute atomic E-state index is 13.3. The Labute approximate surface area is 210 Å². The number of hydrogen-bond donors (Lipinski definition) is 1. The van der Waals surface area contributed by atoms with Gasteiger partial charge in [-0.2, -0.15) is 0 Å². The van der Waals surface area contributed by atoms with E-state index in [1.54, 1.807) is 24.3 Å². The minimum atomic E-state index is -0.543. The minimum absolute atomic E-state index is 0.127. The Morgan fingerprint density at radius 3 is 2.11 bits per heavy atom. The third kappa shape index (κ3) is 5.92. The second-order valence-corrected chi connectivity index (χ2v) is 9.17. The number of benzene rings is 3. The summed E-state index contributed by atoms with van der Waals surface area (Å²) in [5, 5.41) is 3.64. The van der Waals surface area contributed by atoms with E-state index < -0.39 is 5.25 Å². The Hall–Kier alpha value is -3.58. The first kappa shape index (κ1) is 24.5. The molecule has 0 aromatic heterocycles. The van der Waals surface area contributed by atoms with Crippen LogP contribution < -0.4 is 15.0 Å². The van der Waals surface area contributed by atoms with Crippen molar-refractivity contribution < 1.29 is 14.3 Å². The zero-order valence-electron chi connectivity index (χ0n) is 19.9. The van der Waals surface area contributed by atoms with Crippen molar-refractivity contribution in [1.29, 1.82) is 0 Å². The van der Waals surface area contributed by atoms with Crippen molar-refractivity contribution in [2.45, 2.75) is 31.6 Å². The summed E-state index contributed by atoms with van der Waals surface area (Å²) in [5.74, 6) is 0.261. The fourth-order valence-electron chi connectivity index (χ4n) is 3.99. The van der Waals surface area contributed by atoms with E-state index in [0.29, 0.717) is 29.8 Å². The molecule has 0 bridgehead atoms. The highest BCUT2D eigenvalue weighted by atomic mass is 32.2. The molecule has 6 nitrogen and oxygen atoms in total. The highest BCUT2D eigenvalue weighted by Crippen LogP contribution is 2.32. The van der Waals surface area contributed by atoms with Gasteiger partial charge in [0.1, 0.15) is 11.0 Å². The van der Waals surface area contributed by atoms with Crippen LogP contribution in [-0.2, 0) is 9.59 Å². The number of thioether (sulfide) groups is 1. The first-order valence-corrected chi connectivity index (χ1v) is 12.7. The number of carbonyl (C=O) groups is 2. The van der Waals surface area contributed by atoms with Crippen molar-refractivity contribution in [3.63, 3.8) is 0 Å². The van der Waals surface area contributed by atoms with Crippen LogP contribution in [0.4, 0.5) is 5.69 Å². The van der Waals surface area contributed by atoms with E-state index in [9.17, 15) is 9.59 Å². The largest absolute Gasteiger partial charge is 0.494 e. The highest BCUT2D eigenvalue weighted by molar-refractivity contribution is 8.15. The van der Waals surface area contributed by atoms with Crippen LogP contribution in [0.25, 0.3) is 0 Å². The first-order valence-electron chi connectivity index (χ1n) is 11.8. The van der Waals surface area contributed by atoms with Gasteiger partial charge in [-0.15, -0.1) is 0 Å². The molecule has 1 saturated heterocycles. The Balaban J connectivity index is 1.53. The molecule has 0 saturated carbocycles. The van der Waals surface area contributed by atoms with Crippen LogP contribution >= 0.6 is 11.8 Å². The molecule has 0 unspecified atom stereocenters. The van der Waals surface area contributed by atoms with E-state index in [4.69, 9.17) is 4.74 Å². The minimum Gasteiger partial charge on any atom is -0.494 e. The molecule has 1 heterocycles. The van der Waals surface area contributed by atoms with Crippen LogP contribution in [0.15, 0.2) is 89.9 Å². The van der Waals surface area contributed by atoms with Crippen molar-refractivity contribution in [3.8, 4) is 5.75 Å². The smallest absolute Gasteiger partial charge is 0.247 e. The van der Waals surface area contributed by atoms with Gasteiger partial charge >= 0.3 is 0 Å². The average molecular weight is 488 g/mol. The third-order valence-corrected chi connectivity index (χ3v) is 6.72. The Morgan fingerprint density at radius 1 is 0.971 bits per heavy atom. The second-order valence-electron chi connectivity index (χ2n) is 7.98. The molecule has 3 aromatic carbocycles. The molecule has 0 aliphatic carbocycles. The van der Waals surface area contributed by atoms with Crippen LogP contribution in [-0.4, -0.2) is 35.4 Å². The van der Waals surface area contributed by atoms with Crippen LogP contribution in [0.1, 0.15) is 37.4 Å². The lowest BCUT2D eigenvalue weighted by Gasteiger charge is -2.23. The maximum atomic E-state index is 13.3. The Kier molecular flexibility index (Phi) is 8.21. The molecule has 0 spiro atoms. The van der Waals surface area contributed by atoms with E-state index in [1.807, 2.05) is 50.2 Å². The molecule has 1 fully saturated rings. The van der Waals surface area contributed by atoms with Gasteiger partial charge in [-0.05, 0) is 49.2 Å². The molecule has 2 amide bonds. The lowest BCUT2D eigenvalue weighted by atomic mass is 9.99. The summed E-state index contributed by atoms with van der Waals surface area (Å²) in [7, 11) is 0. The van der Waals surface area contributed by atoms with E-state index in [1.165, 1.54) is 16.7 Å². The zero-order chi connectivity index (χ0) is 24.6. The van der Waals surface area contributed by atoms with Crippen LogP contribution in [0.5, 0.6) is 5.75 Å². The molecular weight excluding hydrogens is 458 g/mol. The molecule has 0 radical (unpaired) electrons. The molecule has 180 valence electrons. The van der Waals surface area contributed by atoms with Gasteiger partial charge in [0.2, 0.25) is 11.8 Å². The number of rotatable bonds is 8. The summed E-state index contributed by atoms with van der Waals surface area (Å²) >= 11 is 1.32. The lowest BCUT2D eigenvalue weighted by molar-refractivity contribution is -0.121. The maximum Gasteiger partial charge on any atom is 0.247 e. The number of nitrogens with one attached hydrogen (secondary N) is 1. The van der Waals surface area contributed by atoms with Gasteiger partial charge in [-0.1, -0.05) is 72.4 Å². The number of nitrogens with zero attached hydrogens (tertiary/aromatic N) is 2. The summed E-state index contributed by atoms with van der Waals surface area (Å²) in [5.41, 5.74) is 2.74. The van der Waals surface area contributed by atoms with Gasteiger partial charge in [0.25, 0.3) is 0 Å². The monoisotopic (exact) mass is 487 g/mol. The van der Waals surface area contributed by atoms with Crippen molar-refractivity contribution in [2.24, 2.45) is 4.99 Å².